The summed E-state index contributed by atoms with van der Waals surface area (Å²) in [7, 11) is 0. The molecule has 0 N–H and O–H groups in total. The van der Waals surface area contributed by atoms with Crippen molar-refractivity contribution < 1.29 is 0 Å². The minimum absolute atomic E-state index is 0.0441. The van der Waals surface area contributed by atoms with Crippen LogP contribution in [-0.4, -0.2) is 0 Å². The van der Waals surface area contributed by atoms with E-state index in [1.807, 2.05) is 0 Å². The SMILES string of the molecule is C=CCC(C)C=CC1CCCC/C(C2=CCCCC2)=C(/C2=CCCC2)C1(C=CCCC)C=CCCCC. The summed E-state index contributed by atoms with van der Waals surface area (Å²) >= 11 is 0. The van der Waals surface area contributed by atoms with Crippen LogP contribution in [0.5, 0.6) is 0 Å². The van der Waals surface area contributed by atoms with Crippen molar-refractivity contribution in [3.05, 3.63) is 83.6 Å². The van der Waals surface area contributed by atoms with Crippen LogP contribution in [0.2, 0.25) is 0 Å². The topological polar surface area (TPSA) is 0 Å². The van der Waals surface area contributed by atoms with Gasteiger partial charge in [0.15, 0.2) is 0 Å². The summed E-state index contributed by atoms with van der Waals surface area (Å²) in [5.41, 5.74) is 6.75. The second-order valence-electron chi connectivity index (χ2n) is 11.9. The standard InChI is InChI=1S/C37H56/c1-5-8-10-19-30-37(29-18-9-6-2)34(28-27-31(4)20-7-3)25-16-17-26-35(32-21-12-11-13-22-32)36(37)33-23-14-15-24-33/h7,18-19,21,23,27-31,34H,3,5-6,8-17,20,22,24-26H2,1-2,4H3/b28-27?,29-18?,30-19?,36-35+. The summed E-state index contributed by atoms with van der Waals surface area (Å²) in [6, 6.07) is 0. The number of hydrogen-bond acceptors (Lipinski definition) is 0. The maximum Gasteiger partial charge on any atom is 0.0380 e. The zero-order valence-corrected chi connectivity index (χ0v) is 24.6. The fourth-order valence-electron chi connectivity index (χ4n) is 6.72. The van der Waals surface area contributed by atoms with Gasteiger partial charge in [0.2, 0.25) is 0 Å². The molecule has 0 radical (unpaired) electrons. The molecule has 0 saturated heterocycles. The van der Waals surface area contributed by atoms with Gasteiger partial charge in [-0.15, -0.1) is 6.58 Å². The Morgan fingerprint density at radius 2 is 1.62 bits per heavy atom. The van der Waals surface area contributed by atoms with Crippen molar-refractivity contribution in [1.29, 1.82) is 0 Å². The van der Waals surface area contributed by atoms with Gasteiger partial charge in [0, 0.05) is 5.41 Å². The zero-order valence-electron chi connectivity index (χ0n) is 24.6. The Morgan fingerprint density at radius 1 is 0.892 bits per heavy atom. The summed E-state index contributed by atoms with van der Waals surface area (Å²) in [6.07, 6.45) is 44.3. The third-order valence-electron chi connectivity index (χ3n) is 8.76. The maximum absolute atomic E-state index is 4.01. The quantitative estimate of drug-likeness (QED) is 0.174. The van der Waals surface area contributed by atoms with E-state index in [4.69, 9.17) is 0 Å². The summed E-state index contributed by atoms with van der Waals surface area (Å²) in [5, 5.41) is 0. The Bertz CT molecular complexity index is 885. The van der Waals surface area contributed by atoms with Crippen LogP contribution in [0, 0.1) is 17.3 Å². The van der Waals surface area contributed by atoms with Gasteiger partial charge in [-0.25, -0.2) is 0 Å². The molecule has 0 amide bonds. The van der Waals surface area contributed by atoms with Gasteiger partial charge in [-0.3, -0.25) is 0 Å². The third-order valence-corrected chi connectivity index (χ3v) is 8.76. The molecular weight excluding hydrogens is 444 g/mol. The molecule has 3 aliphatic rings. The van der Waals surface area contributed by atoms with Crippen molar-refractivity contribution in [1.82, 2.24) is 0 Å². The molecule has 204 valence electrons. The van der Waals surface area contributed by atoms with E-state index < -0.39 is 0 Å². The third kappa shape index (κ3) is 8.33. The highest BCUT2D eigenvalue weighted by molar-refractivity contribution is 5.55. The van der Waals surface area contributed by atoms with E-state index >= 15 is 0 Å². The van der Waals surface area contributed by atoms with E-state index in [9.17, 15) is 0 Å². The predicted octanol–water partition coefficient (Wildman–Crippen LogP) is 11.9. The van der Waals surface area contributed by atoms with Gasteiger partial charge >= 0.3 is 0 Å². The van der Waals surface area contributed by atoms with Crippen LogP contribution >= 0.6 is 0 Å². The van der Waals surface area contributed by atoms with Gasteiger partial charge in [-0.1, -0.05) is 101 Å². The monoisotopic (exact) mass is 500 g/mol. The van der Waals surface area contributed by atoms with Crippen LogP contribution in [0.15, 0.2) is 83.6 Å². The minimum atomic E-state index is -0.0441. The smallest absolute Gasteiger partial charge is 0.0380 e. The molecule has 0 bridgehead atoms. The molecule has 3 rings (SSSR count). The van der Waals surface area contributed by atoms with Gasteiger partial charge in [0.05, 0.1) is 0 Å². The highest BCUT2D eigenvalue weighted by Gasteiger charge is 2.41. The first-order chi connectivity index (χ1) is 18.2. The van der Waals surface area contributed by atoms with Crippen LogP contribution in [0.1, 0.15) is 130 Å². The minimum Gasteiger partial charge on any atom is -0.103 e. The molecule has 37 heavy (non-hydrogen) atoms. The van der Waals surface area contributed by atoms with Crippen molar-refractivity contribution in [3.8, 4) is 0 Å². The normalized spacial score (nSPS) is 28.5. The number of rotatable bonds is 13. The van der Waals surface area contributed by atoms with E-state index in [-0.39, 0.29) is 5.41 Å². The molecule has 0 aliphatic heterocycles. The first-order valence-corrected chi connectivity index (χ1v) is 15.9. The molecule has 0 aromatic heterocycles. The van der Waals surface area contributed by atoms with Crippen LogP contribution < -0.4 is 0 Å². The molecule has 3 atom stereocenters. The Morgan fingerprint density at radius 3 is 2.30 bits per heavy atom. The lowest BCUT2D eigenvalue weighted by Gasteiger charge is -2.42. The van der Waals surface area contributed by atoms with Crippen LogP contribution in [-0.2, 0) is 0 Å². The molecule has 0 aromatic rings. The van der Waals surface area contributed by atoms with Gasteiger partial charge in [0.1, 0.15) is 0 Å². The lowest BCUT2D eigenvalue weighted by Crippen LogP contribution is -2.32. The lowest BCUT2D eigenvalue weighted by molar-refractivity contribution is 0.365. The van der Waals surface area contributed by atoms with Crippen molar-refractivity contribution >= 4 is 0 Å². The average molecular weight is 501 g/mol. The molecule has 3 aliphatic carbocycles. The second-order valence-corrected chi connectivity index (χ2v) is 11.9. The molecule has 0 nitrogen and oxygen atoms in total. The summed E-state index contributed by atoms with van der Waals surface area (Å²) in [5.74, 6) is 1.05. The summed E-state index contributed by atoms with van der Waals surface area (Å²) in [4.78, 5) is 0. The Balaban J connectivity index is 2.28. The highest BCUT2D eigenvalue weighted by Crippen LogP contribution is 2.53. The largest absolute Gasteiger partial charge is 0.103 e. The summed E-state index contributed by atoms with van der Waals surface area (Å²) in [6.45, 7) is 11.0. The van der Waals surface area contributed by atoms with E-state index in [1.165, 1.54) is 96.3 Å². The molecule has 0 aromatic carbocycles. The molecule has 0 heterocycles. The predicted molar refractivity (Wildman–Crippen MR) is 166 cm³/mol. The Labute approximate surface area is 230 Å². The summed E-state index contributed by atoms with van der Waals surface area (Å²) < 4.78 is 0. The molecule has 0 fully saturated rings. The number of allylic oxidation sites excluding steroid dienone is 13. The van der Waals surface area contributed by atoms with Gasteiger partial charge in [-0.05, 0) is 118 Å². The zero-order chi connectivity index (χ0) is 26.3. The van der Waals surface area contributed by atoms with E-state index in [0.717, 1.165) is 12.8 Å². The first-order valence-electron chi connectivity index (χ1n) is 15.9. The van der Waals surface area contributed by atoms with Crippen LogP contribution in [0.3, 0.4) is 0 Å². The number of unbranched alkanes of at least 4 members (excludes halogenated alkanes) is 3. The Kier molecular flexibility index (Phi) is 13.0. The van der Waals surface area contributed by atoms with Crippen molar-refractivity contribution in [2.24, 2.45) is 17.3 Å². The maximum atomic E-state index is 4.01. The van der Waals surface area contributed by atoms with Crippen molar-refractivity contribution in [3.63, 3.8) is 0 Å². The number of hydrogen-bond donors (Lipinski definition) is 0. The molecule has 0 saturated carbocycles. The first kappa shape index (κ1) is 29.7. The Hall–Kier alpha value is -1.82. The van der Waals surface area contributed by atoms with Gasteiger partial charge in [-0.2, -0.15) is 0 Å². The van der Waals surface area contributed by atoms with Gasteiger partial charge in [0.25, 0.3) is 0 Å². The second kappa shape index (κ2) is 16.2. The van der Waals surface area contributed by atoms with Gasteiger partial charge < -0.3 is 0 Å². The fourth-order valence-corrected chi connectivity index (χ4v) is 6.72. The average Bonchev–Trinajstić information content (AvgIpc) is 3.43. The van der Waals surface area contributed by atoms with Crippen LogP contribution in [0.4, 0.5) is 0 Å². The molecule has 3 unspecified atom stereocenters. The van der Waals surface area contributed by atoms with Crippen molar-refractivity contribution in [2.45, 2.75) is 130 Å². The lowest BCUT2D eigenvalue weighted by atomic mass is 9.61. The van der Waals surface area contributed by atoms with Crippen LogP contribution in [0.25, 0.3) is 0 Å². The van der Waals surface area contributed by atoms with E-state index in [0.29, 0.717) is 11.8 Å². The molecular formula is C37H56. The highest BCUT2D eigenvalue weighted by atomic mass is 14.4. The fraction of sp³-hybridized carbons (Fsp3) is 0.622. The molecule has 0 heteroatoms. The molecule has 0 spiro atoms. The van der Waals surface area contributed by atoms with E-state index in [2.05, 4.69) is 82.0 Å². The van der Waals surface area contributed by atoms with E-state index in [1.54, 1.807) is 22.3 Å². The van der Waals surface area contributed by atoms with Crippen molar-refractivity contribution in [2.75, 3.05) is 0 Å².